The molecule has 17 heavy (non-hydrogen) atoms. The first-order valence-electron chi connectivity index (χ1n) is 5.62. The molecule has 2 aromatic rings. The summed E-state index contributed by atoms with van der Waals surface area (Å²) in [5.74, 6) is 0. The first-order valence-corrected chi connectivity index (χ1v) is 5.62. The summed E-state index contributed by atoms with van der Waals surface area (Å²) >= 11 is 0. The third kappa shape index (κ3) is 2.32. The molecular weight excluding hydrogens is 210 g/mol. The van der Waals surface area contributed by atoms with Gasteiger partial charge in [0.25, 0.3) is 0 Å². The molecule has 0 amide bonds. The highest BCUT2D eigenvalue weighted by atomic mass is 16.1. The molecule has 0 spiro atoms. The summed E-state index contributed by atoms with van der Waals surface area (Å²) in [6, 6.07) is 15.8. The van der Waals surface area contributed by atoms with Crippen LogP contribution in [0, 0.1) is 0 Å². The van der Waals surface area contributed by atoms with Crippen LogP contribution in [-0.4, -0.2) is 6.08 Å². The Kier molecular flexibility index (Phi) is 3.49. The zero-order chi connectivity index (χ0) is 12.1. The van der Waals surface area contributed by atoms with Gasteiger partial charge < -0.3 is 0 Å². The van der Waals surface area contributed by atoms with Gasteiger partial charge in [-0.1, -0.05) is 49.4 Å². The lowest BCUT2D eigenvalue weighted by Gasteiger charge is -2.09. The van der Waals surface area contributed by atoms with Crippen molar-refractivity contribution in [1.29, 1.82) is 0 Å². The number of aryl methyl sites for hydroxylation is 1. The Morgan fingerprint density at radius 1 is 1.00 bits per heavy atom. The highest BCUT2D eigenvalue weighted by molar-refractivity contribution is 5.79. The number of isocyanates is 1. The maximum atomic E-state index is 10.4. The fourth-order valence-electron chi connectivity index (χ4n) is 1.94. The largest absolute Gasteiger partial charge is 0.240 e. The zero-order valence-electron chi connectivity index (χ0n) is 9.68. The van der Waals surface area contributed by atoms with E-state index >= 15 is 0 Å². The Labute approximate surface area is 101 Å². The van der Waals surface area contributed by atoms with Crippen LogP contribution in [0.1, 0.15) is 12.5 Å². The maximum Gasteiger partial charge on any atom is 0.240 e. The fourth-order valence-corrected chi connectivity index (χ4v) is 1.94. The molecule has 2 nitrogen and oxygen atoms in total. The predicted octanol–water partition coefficient (Wildman–Crippen LogP) is 3.88. The average molecular weight is 223 g/mol. The van der Waals surface area contributed by atoms with E-state index < -0.39 is 0 Å². The lowest BCUT2D eigenvalue weighted by molar-refractivity contribution is 0.565. The van der Waals surface area contributed by atoms with Crippen molar-refractivity contribution >= 4 is 11.8 Å². The number of hydrogen-bond acceptors (Lipinski definition) is 2. The standard InChI is InChI=1S/C15H13NO/c1-2-12-7-3-4-8-13(12)14-9-5-6-10-15(14)16-11-17/h3-10H,2H2,1H3. The van der Waals surface area contributed by atoms with Crippen LogP contribution in [0.15, 0.2) is 53.5 Å². The van der Waals surface area contributed by atoms with Crippen molar-refractivity contribution in [3.63, 3.8) is 0 Å². The number of hydrogen-bond donors (Lipinski definition) is 0. The average Bonchev–Trinajstić information content (AvgIpc) is 2.40. The van der Waals surface area contributed by atoms with Crippen molar-refractivity contribution < 1.29 is 4.79 Å². The number of nitrogens with zero attached hydrogens (tertiary/aromatic N) is 1. The van der Waals surface area contributed by atoms with Crippen LogP contribution in [0.2, 0.25) is 0 Å². The fraction of sp³-hybridized carbons (Fsp3) is 0.133. The molecule has 0 aliphatic carbocycles. The molecule has 0 N–H and O–H groups in total. The van der Waals surface area contributed by atoms with Crippen LogP contribution in [0.4, 0.5) is 5.69 Å². The Morgan fingerprint density at radius 3 is 2.35 bits per heavy atom. The molecule has 0 heterocycles. The molecule has 0 aliphatic heterocycles. The zero-order valence-corrected chi connectivity index (χ0v) is 9.68. The van der Waals surface area contributed by atoms with Crippen molar-refractivity contribution in [3.05, 3.63) is 54.1 Å². The van der Waals surface area contributed by atoms with Crippen LogP contribution in [-0.2, 0) is 11.2 Å². The van der Waals surface area contributed by atoms with E-state index in [1.165, 1.54) is 5.56 Å². The van der Waals surface area contributed by atoms with E-state index in [0.717, 1.165) is 17.5 Å². The van der Waals surface area contributed by atoms with Gasteiger partial charge in [0.15, 0.2) is 0 Å². The van der Waals surface area contributed by atoms with Gasteiger partial charge in [0.2, 0.25) is 6.08 Å². The SMILES string of the molecule is CCc1ccccc1-c1ccccc1N=C=O. The van der Waals surface area contributed by atoms with Crippen LogP contribution in [0.3, 0.4) is 0 Å². The first kappa shape index (κ1) is 11.3. The van der Waals surface area contributed by atoms with Crippen molar-refractivity contribution in [2.24, 2.45) is 4.99 Å². The summed E-state index contributed by atoms with van der Waals surface area (Å²) in [5, 5.41) is 0. The summed E-state index contributed by atoms with van der Waals surface area (Å²) in [6.45, 7) is 2.12. The third-order valence-electron chi connectivity index (χ3n) is 2.76. The van der Waals surface area contributed by atoms with E-state index in [9.17, 15) is 4.79 Å². The summed E-state index contributed by atoms with van der Waals surface area (Å²) in [7, 11) is 0. The van der Waals surface area contributed by atoms with Gasteiger partial charge in [0.05, 0.1) is 5.69 Å². The van der Waals surface area contributed by atoms with Gasteiger partial charge >= 0.3 is 0 Å². The smallest absolute Gasteiger partial charge is 0.211 e. The van der Waals surface area contributed by atoms with Gasteiger partial charge in [-0.3, -0.25) is 0 Å². The van der Waals surface area contributed by atoms with E-state index in [0.29, 0.717) is 5.69 Å². The van der Waals surface area contributed by atoms with Crippen molar-refractivity contribution in [3.8, 4) is 11.1 Å². The highest BCUT2D eigenvalue weighted by Crippen LogP contribution is 2.32. The van der Waals surface area contributed by atoms with E-state index in [4.69, 9.17) is 0 Å². The molecule has 2 heteroatoms. The van der Waals surface area contributed by atoms with Gasteiger partial charge in [-0.05, 0) is 23.6 Å². The number of para-hydroxylation sites is 1. The van der Waals surface area contributed by atoms with Gasteiger partial charge in [0.1, 0.15) is 0 Å². The normalized spacial score (nSPS) is 9.71. The quantitative estimate of drug-likeness (QED) is 0.573. The minimum Gasteiger partial charge on any atom is -0.211 e. The molecule has 84 valence electrons. The van der Waals surface area contributed by atoms with E-state index in [-0.39, 0.29) is 0 Å². The number of aliphatic imine (C=N–C) groups is 1. The molecular formula is C15H13NO. The molecule has 0 radical (unpaired) electrons. The maximum absolute atomic E-state index is 10.4. The Balaban J connectivity index is 2.63. The number of rotatable bonds is 3. The van der Waals surface area contributed by atoms with Crippen LogP contribution in [0.25, 0.3) is 11.1 Å². The van der Waals surface area contributed by atoms with Gasteiger partial charge in [0, 0.05) is 5.56 Å². The molecule has 0 bridgehead atoms. The third-order valence-corrected chi connectivity index (χ3v) is 2.76. The monoisotopic (exact) mass is 223 g/mol. The minimum absolute atomic E-state index is 0.670. The second-order valence-corrected chi connectivity index (χ2v) is 3.73. The van der Waals surface area contributed by atoms with Crippen molar-refractivity contribution in [2.45, 2.75) is 13.3 Å². The topological polar surface area (TPSA) is 29.4 Å². The van der Waals surface area contributed by atoms with Gasteiger partial charge in [-0.15, -0.1) is 0 Å². The van der Waals surface area contributed by atoms with Crippen LogP contribution < -0.4 is 0 Å². The minimum atomic E-state index is 0.670. The molecule has 0 fully saturated rings. The first-order chi connectivity index (χ1) is 8.36. The summed E-state index contributed by atoms with van der Waals surface area (Å²) in [4.78, 5) is 14.2. The summed E-state index contributed by atoms with van der Waals surface area (Å²) < 4.78 is 0. The molecule has 2 aromatic carbocycles. The molecule has 0 aliphatic rings. The molecule has 2 rings (SSSR count). The van der Waals surface area contributed by atoms with E-state index in [1.54, 1.807) is 6.08 Å². The second kappa shape index (κ2) is 5.24. The Morgan fingerprint density at radius 2 is 1.65 bits per heavy atom. The molecule has 0 aromatic heterocycles. The lowest BCUT2D eigenvalue weighted by atomic mass is 9.97. The highest BCUT2D eigenvalue weighted by Gasteiger charge is 2.06. The molecule has 0 saturated carbocycles. The van der Waals surface area contributed by atoms with Crippen molar-refractivity contribution in [2.75, 3.05) is 0 Å². The second-order valence-electron chi connectivity index (χ2n) is 3.73. The predicted molar refractivity (Wildman–Crippen MR) is 69.0 cm³/mol. The molecule has 0 saturated heterocycles. The number of benzene rings is 2. The van der Waals surface area contributed by atoms with E-state index in [1.807, 2.05) is 36.4 Å². The Bertz CT molecular complexity index is 569. The lowest BCUT2D eigenvalue weighted by Crippen LogP contribution is -1.87. The Hall–Kier alpha value is -2.18. The van der Waals surface area contributed by atoms with Crippen LogP contribution in [0.5, 0.6) is 0 Å². The summed E-state index contributed by atoms with van der Waals surface area (Å²) in [6.07, 6.45) is 2.56. The van der Waals surface area contributed by atoms with Gasteiger partial charge in [-0.2, -0.15) is 4.99 Å². The molecule has 0 unspecified atom stereocenters. The molecule has 0 atom stereocenters. The van der Waals surface area contributed by atoms with Gasteiger partial charge in [-0.25, -0.2) is 4.79 Å². The van der Waals surface area contributed by atoms with Crippen molar-refractivity contribution in [1.82, 2.24) is 0 Å². The number of carbonyl (C=O) groups excluding carboxylic acids is 1. The van der Waals surface area contributed by atoms with E-state index in [2.05, 4.69) is 24.0 Å². The summed E-state index contributed by atoms with van der Waals surface area (Å²) in [5.41, 5.74) is 4.03. The van der Waals surface area contributed by atoms with Crippen LogP contribution >= 0.6 is 0 Å².